The Bertz CT molecular complexity index is 844. The number of anilines is 1. The summed E-state index contributed by atoms with van der Waals surface area (Å²) in [7, 11) is 1.91. The smallest absolute Gasteiger partial charge is 0.163 e. The topological polar surface area (TPSA) is 46.8 Å². The highest BCUT2D eigenvalue weighted by molar-refractivity contribution is 6.31. The van der Waals surface area contributed by atoms with Crippen LogP contribution in [0.5, 0.6) is 0 Å². The number of benzene rings is 1. The van der Waals surface area contributed by atoms with E-state index >= 15 is 0 Å². The van der Waals surface area contributed by atoms with Gasteiger partial charge in [0.15, 0.2) is 5.65 Å². The predicted octanol–water partition coefficient (Wildman–Crippen LogP) is 3.23. The molecule has 0 amide bonds. The van der Waals surface area contributed by atoms with Gasteiger partial charge in [-0.2, -0.15) is 5.10 Å². The van der Waals surface area contributed by atoms with Crippen molar-refractivity contribution < 1.29 is 0 Å². The van der Waals surface area contributed by atoms with Crippen LogP contribution in [0.3, 0.4) is 0 Å². The molecule has 1 atom stereocenters. The van der Waals surface area contributed by atoms with Crippen molar-refractivity contribution in [1.29, 1.82) is 0 Å². The molecule has 3 heterocycles. The number of fused-ring (bicyclic) bond motifs is 1. The molecule has 2 aromatic heterocycles. The normalized spacial score (nSPS) is 18.0. The first-order chi connectivity index (χ1) is 11.2. The minimum absolute atomic E-state index is 0.410. The van der Waals surface area contributed by atoms with Crippen molar-refractivity contribution in [2.75, 3.05) is 11.4 Å². The van der Waals surface area contributed by atoms with Crippen LogP contribution in [-0.4, -0.2) is 32.3 Å². The first-order valence-corrected chi connectivity index (χ1v) is 8.24. The minimum atomic E-state index is 0.410. The molecule has 3 aromatic rings. The lowest BCUT2D eigenvalue weighted by atomic mass is 10.0. The summed E-state index contributed by atoms with van der Waals surface area (Å²) < 4.78 is 1.79. The Hall–Kier alpha value is -2.14. The Kier molecular flexibility index (Phi) is 3.65. The van der Waals surface area contributed by atoms with Gasteiger partial charge in [-0.1, -0.05) is 29.8 Å². The molecular weight excluding hydrogens is 310 g/mol. The van der Waals surface area contributed by atoms with Crippen molar-refractivity contribution in [2.45, 2.75) is 25.3 Å². The molecule has 0 aliphatic carbocycles. The van der Waals surface area contributed by atoms with Gasteiger partial charge in [-0.3, -0.25) is 4.68 Å². The van der Waals surface area contributed by atoms with E-state index in [0.29, 0.717) is 6.04 Å². The van der Waals surface area contributed by atoms with Crippen molar-refractivity contribution in [3.8, 4) is 0 Å². The van der Waals surface area contributed by atoms with Crippen molar-refractivity contribution in [2.24, 2.45) is 7.05 Å². The number of aryl methyl sites for hydroxylation is 1. The summed E-state index contributed by atoms with van der Waals surface area (Å²) in [6.07, 6.45) is 6.74. The zero-order chi connectivity index (χ0) is 15.8. The molecule has 0 N–H and O–H groups in total. The van der Waals surface area contributed by atoms with Gasteiger partial charge in [-0.25, -0.2) is 9.97 Å². The molecule has 1 aromatic carbocycles. The fourth-order valence-corrected chi connectivity index (χ4v) is 3.64. The van der Waals surface area contributed by atoms with E-state index in [0.717, 1.165) is 41.3 Å². The molecule has 5 nitrogen and oxygen atoms in total. The predicted molar refractivity (Wildman–Crippen MR) is 91.8 cm³/mol. The number of nitrogens with zero attached hydrogens (tertiary/aromatic N) is 5. The summed E-state index contributed by atoms with van der Waals surface area (Å²) in [6, 6.07) is 8.50. The molecule has 4 rings (SSSR count). The van der Waals surface area contributed by atoms with Crippen LogP contribution in [-0.2, 0) is 13.5 Å². The first kappa shape index (κ1) is 14.5. The van der Waals surface area contributed by atoms with E-state index in [9.17, 15) is 0 Å². The molecule has 1 unspecified atom stereocenters. The molecule has 0 radical (unpaired) electrons. The van der Waals surface area contributed by atoms with Gasteiger partial charge >= 0.3 is 0 Å². The fourth-order valence-electron chi connectivity index (χ4n) is 3.42. The van der Waals surface area contributed by atoms with Gasteiger partial charge in [0.2, 0.25) is 0 Å². The number of halogens is 1. The third-order valence-electron chi connectivity index (χ3n) is 4.57. The number of aromatic nitrogens is 4. The van der Waals surface area contributed by atoms with Crippen molar-refractivity contribution in [3.63, 3.8) is 0 Å². The summed E-state index contributed by atoms with van der Waals surface area (Å²) in [5.41, 5.74) is 2.07. The Balaban J connectivity index is 1.68. The van der Waals surface area contributed by atoms with Crippen LogP contribution >= 0.6 is 11.6 Å². The maximum atomic E-state index is 6.34. The van der Waals surface area contributed by atoms with Gasteiger partial charge in [0, 0.05) is 24.7 Å². The van der Waals surface area contributed by atoms with Crippen LogP contribution in [0, 0.1) is 0 Å². The zero-order valence-electron chi connectivity index (χ0n) is 13.0. The van der Waals surface area contributed by atoms with Crippen LogP contribution < -0.4 is 4.90 Å². The highest BCUT2D eigenvalue weighted by atomic mass is 35.5. The summed E-state index contributed by atoms with van der Waals surface area (Å²) >= 11 is 6.34. The van der Waals surface area contributed by atoms with Crippen LogP contribution in [0.15, 0.2) is 36.8 Å². The van der Waals surface area contributed by atoms with E-state index in [1.54, 1.807) is 11.0 Å². The molecule has 23 heavy (non-hydrogen) atoms. The van der Waals surface area contributed by atoms with E-state index in [1.165, 1.54) is 12.0 Å². The molecule has 1 aliphatic rings. The van der Waals surface area contributed by atoms with Crippen LogP contribution in [0.2, 0.25) is 5.02 Å². The Labute approximate surface area is 139 Å². The molecule has 0 saturated carbocycles. The highest BCUT2D eigenvalue weighted by Gasteiger charge is 2.28. The quantitative estimate of drug-likeness (QED) is 0.741. The largest absolute Gasteiger partial charge is 0.353 e. The van der Waals surface area contributed by atoms with E-state index in [-0.39, 0.29) is 0 Å². The van der Waals surface area contributed by atoms with Gasteiger partial charge in [0.05, 0.1) is 11.6 Å². The number of hydrogen-bond acceptors (Lipinski definition) is 4. The number of rotatable bonds is 3. The van der Waals surface area contributed by atoms with E-state index in [1.807, 2.05) is 31.4 Å². The molecule has 0 bridgehead atoms. The van der Waals surface area contributed by atoms with Gasteiger partial charge < -0.3 is 4.90 Å². The average molecular weight is 328 g/mol. The summed E-state index contributed by atoms with van der Waals surface area (Å²) in [4.78, 5) is 11.3. The van der Waals surface area contributed by atoms with Crippen molar-refractivity contribution in [3.05, 3.63) is 47.4 Å². The monoisotopic (exact) mass is 327 g/mol. The van der Waals surface area contributed by atoms with Crippen LogP contribution in [0.4, 0.5) is 5.82 Å². The molecule has 1 fully saturated rings. The maximum absolute atomic E-state index is 6.34. The lowest BCUT2D eigenvalue weighted by molar-refractivity contribution is 0.659. The molecule has 6 heteroatoms. The Morgan fingerprint density at radius 3 is 3.00 bits per heavy atom. The molecule has 1 aliphatic heterocycles. The zero-order valence-corrected chi connectivity index (χ0v) is 13.7. The van der Waals surface area contributed by atoms with Gasteiger partial charge in [-0.15, -0.1) is 0 Å². The molecular formula is C17H18ClN5. The fraction of sp³-hybridized carbons (Fsp3) is 0.353. The van der Waals surface area contributed by atoms with Gasteiger partial charge in [0.25, 0.3) is 0 Å². The highest BCUT2D eigenvalue weighted by Crippen LogP contribution is 2.31. The average Bonchev–Trinajstić information content (AvgIpc) is 3.17. The number of hydrogen-bond donors (Lipinski definition) is 0. The summed E-state index contributed by atoms with van der Waals surface area (Å²) in [5, 5.41) is 6.17. The van der Waals surface area contributed by atoms with Crippen LogP contribution in [0.1, 0.15) is 18.4 Å². The maximum Gasteiger partial charge on any atom is 0.163 e. The Morgan fingerprint density at radius 2 is 2.13 bits per heavy atom. The molecule has 1 saturated heterocycles. The lowest BCUT2D eigenvalue weighted by Crippen LogP contribution is -2.32. The lowest BCUT2D eigenvalue weighted by Gasteiger charge is -2.26. The SMILES string of the molecule is Cn1ncc2c(N3CCCC3Cc3ccccc3Cl)ncnc21. The van der Waals surface area contributed by atoms with E-state index in [2.05, 4.69) is 26.0 Å². The second kappa shape index (κ2) is 5.81. The second-order valence-electron chi connectivity index (χ2n) is 5.99. The van der Waals surface area contributed by atoms with E-state index < -0.39 is 0 Å². The van der Waals surface area contributed by atoms with Crippen LogP contribution in [0.25, 0.3) is 11.0 Å². The molecule has 118 valence electrons. The second-order valence-corrected chi connectivity index (χ2v) is 6.39. The van der Waals surface area contributed by atoms with Gasteiger partial charge in [-0.05, 0) is 30.9 Å². The third-order valence-corrected chi connectivity index (χ3v) is 4.94. The van der Waals surface area contributed by atoms with Crippen molar-refractivity contribution >= 4 is 28.5 Å². The van der Waals surface area contributed by atoms with Gasteiger partial charge in [0.1, 0.15) is 12.1 Å². The Morgan fingerprint density at radius 1 is 1.26 bits per heavy atom. The summed E-state index contributed by atoms with van der Waals surface area (Å²) in [6.45, 7) is 1.01. The van der Waals surface area contributed by atoms with E-state index in [4.69, 9.17) is 11.6 Å². The first-order valence-electron chi connectivity index (χ1n) is 7.87. The third kappa shape index (κ3) is 2.55. The standard InChI is InChI=1S/C17H18ClN5/c1-22-16-14(10-21-22)17(20-11-19-16)23-8-4-6-13(23)9-12-5-2-3-7-15(12)18/h2-3,5,7,10-11,13H,4,6,8-9H2,1H3. The minimum Gasteiger partial charge on any atom is -0.353 e. The molecule has 0 spiro atoms. The van der Waals surface area contributed by atoms with Crippen molar-refractivity contribution in [1.82, 2.24) is 19.7 Å². The summed E-state index contributed by atoms with van der Waals surface area (Å²) in [5.74, 6) is 0.984.